The number of nitrogens with one attached hydrogen (secondary N) is 1. The minimum Gasteiger partial charge on any atom is -0.314 e. The quantitative estimate of drug-likeness (QED) is 0.872. The zero-order valence-corrected chi connectivity index (χ0v) is 12.9. The van der Waals surface area contributed by atoms with E-state index in [2.05, 4.69) is 24.0 Å². The van der Waals surface area contributed by atoms with Crippen molar-refractivity contribution in [3.8, 4) is 0 Å². The van der Waals surface area contributed by atoms with Gasteiger partial charge in [-0.2, -0.15) is 11.8 Å². The van der Waals surface area contributed by atoms with E-state index in [1.54, 1.807) is 0 Å². The molecule has 2 rings (SSSR count). The largest absolute Gasteiger partial charge is 0.314 e. The van der Waals surface area contributed by atoms with Crippen LogP contribution in [0.4, 0.5) is 0 Å². The van der Waals surface area contributed by atoms with E-state index in [-0.39, 0.29) is 0 Å². The SMILES string of the molecule is CCNC(Cc1cc(Cl)ccc1Cl)C1CCSC1. The van der Waals surface area contributed by atoms with Crippen LogP contribution in [-0.2, 0) is 6.42 Å². The molecule has 1 N–H and O–H groups in total. The first-order valence-electron chi connectivity index (χ1n) is 6.45. The topological polar surface area (TPSA) is 12.0 Å². The van der Waals surface area contributed by atoms with Crippen molar-refractivity contribution in [1.29, 1.82) is 0 Å². The van der Waals surface area contributed by atoms with Crippen LogP contribution in [0.15, 0.2) is 18.2 Å². The van der Waals surface area contributed by atoms with E-state index < -0.39 is 0 Å². The summed E-state index contributed by atoms with van der Waals surface area (Å²) in [7, 11) is 0. The molecule has 0 aromatic heterocycles. The highest BCUT2D eigenvalue weighted by molar-refractivity contribution is 7.99. The van der Waals surface area contributed by atoms with Crippen molar-refractivity contribution in [2.45, 2.75) is 25.8 Å². The molecule has 1 nitrogen and oxygen atoms in total. The second-order valence-corrected chi connectivity index (χ2v) is 6.72. The number of likely N-dealkylation sites (N-methyl/N-ethyl adjacent to an activating group) is 1. The number of rotatable bonds is 5. The lowest BCUT2D eigenvalue weighted by atomic mass is 9.93. The molecule has 0 aliphatic carbocycles. The molecule has 0 amide bonds. The molecular weight excluding hydrogens is 285 g/mol. The van der Waals surface area contributed by atoms with Gasteiger partial charge in [-0.15, -0.1) is 0 Å². The summed E-state index contributed by atoms with van der Waals surface area (Å²) in [5.41, 5.74) is 1.16. The lowest BCUT2D eigenvalue weighted by Crippen LogP contribution is -2.38. The van der Waals surface area contributed by atoms with Crippen LogP contribution in [0.5, 0.6) is 0 Å². The Morgan fingerprint density at radius 3 is 2.94 bits per heavy atom. The molecule has 1 heterocycles. The highest BCUT2D eigenvalue weighted by Crippen LogP contribution is 2.30. The van der Waals surface area contributed by atoms with Crippen LogP contribution >= 0.6 is 35.0 Å². The van der Waals surface area contributed by atoms with E-state index in [9.17, 15) is 0 Å². The monoisotopic (exact) mass is 303 g/mol. The number of hydrogen-bond acceptors (Lipinski definition) is 2. The van der Waals surface area contributed by atoms with Gasteiger partial charge in [0.2, 0.25) is 0 Å². The summed E-state index contributed by atoms with van der Waals surface area (Å²) in [4.78, 5) is 0. The minimum absolute atomic E-state index is 0.515. The van der Waals surface area contributed by atoms with Gasteiger partial charge < -0.3 is 5.32 Å². The fraction of sp³-hybridized carbons (Fsp3) is 0.571. The summed E-state index contributed by atoms with van der Waals surface area (Å²) in [6.07, 6.45) is 2.28. The molecule has 2 atom stereocenters. The summed E-state index contributed by atoms with van der Waals surface area (Å²) >= 11 is 14.4. The summed E-state index contributed by atoms with van der Waals surface area (Å²) in [5, 5.41) is 5.20. The maximum Gasteiger partial charge on any atom is 0.0439 e. The fourth-order valence-corrected chi connectivity index (χ4v) is 4.20. The Morgan fingerprint density at radius 2 is 2.28 bits per heavy atom. The molecule has 100 valence electrons. The first-order chi connectivity index (χ1) is 8.70. The summed E-state index contributed by atoms with van der Waals surface area (Å²) in [5.74, 6) is 3.30. The van der Waals surface area contributed by atoms with Crippen molar-refractivity contribution in [1.82, 2.24) is 5.32 Å². The van der Waals surface area contributed by atoms with Crippen molar-refractivity contribution in [2.24, 2.45) is 5.92 Å². The highest BCUT2D eigenvalue weighted by Gasteiger charge is 2.25. The summed E-state index contributed by atoms with van der Waals surface area (Å²) in [6.45, 7) is 3.17. The van der Waals surface area contributed by atoms with Gasteiger partial charge in [-0.25, -0.2) is 0 Å². The Balaban J connectivity index is 2.09. The molecule has 0 spiro atoms. The molecule has 0 bridgehead atoms. The van der Waals surface area contributed by atoms with Gasteiger partial charge in [0.1, 0.15) is 0 Å². The summed E-state index contributed by atoms with van der Waals surface area (Å²) < 4.78 is 0. The minimum atomic E-state index is 0.515. The van der Waals surface area contributed by atoms with Gasteiger partial charge in [0.05, 0.1) is 0 Å². The fourth-order valence-electron chi connectivity index (χ4n) is 2.47. The van der Waals surface area contributed by atoms with E-state index in [1.165, 1.54) is 17.9 Å². The average molecular weight is 304 g/mol. The zero-order valence-electron chi connectivity index (χ0n) is 10.6. The molecular formula is C14H19Cl2NS. The first kappa shape index (κ1) is 14.5. The first-order valence-corrected chi connectivity index (χ1v) is 8.36. The van der Waals surface area contributed by atoms with E-state index >= 15 is 0 Å². The van der Waals surface area contributed by atoms with Gasteiger partial charge in [-0.3, -0.25) is 0 Å². The lowest BCUT2D eigenvalue weighted by Gasteiger charge is -2.24. The van der Waals surface area contributed by atoms with E-state index in [0.717, 1.165) is 34.5 Å². The Kier molecular flexibility index (Phi) is 5.68. The van der Waals surface area contributed by atoms with Crippen LogP contribution in [0.2, 0.25) is 10.0 Å². The molecule has 1 aromatic rings. The van der Waals surface area contributed by atoms with Crippen molar-refractivity contribution >= 4 is 35.0 Å². The smallest absolute Gasteiger partial charge is 0.0439 e. The van der Waals surface area contributed by atoms with Crippen LogP contribution in [0.1, 0.15) is 18.9 Å². The highest BCUT2D eigenvalue weighted by atomic mass is 35.5. The number of halogens is 2. The molecule has 18 heavy (non-hydrogen) atoms. The molecule has 1 aromatic carbocycles. The number of hydrogen-bond donors (Lipinski definition) is 1. The third-order valence-electron chi connectivity index (χ3n) is 3.45. The number of thioether (sulfide) groups is 1. The van der Waals surface area contributed by atoms with Gasteiger partial charge in [-0.05, 0) is 60.6 Å². The van der Waals surface area contributed by atoms with Crippen molar-refractivity contribution in [2.75, 3.05) is 18.1 Å². The van der Waals surface area contributed by atoms with Gasteiger partial charge in [-0.1, -0.05) is 30.1 Å². The second-order valence-electron chi connectivity index (χ2n) is 4.73. The van der Waals surface area contributed by atoms with Crippen LogP contribution in [0, 0.1) is 5.92 Å². The van der Waals surface area contributed by atoms with Crippen molar-refractivity contribution in [3.05, 3.63) is 33.8 Å². The molecule has 1 fully saturated rings. The Bertz CT molecular complexity index is 391. The predicted octanol–water partition coefficient (Wildman–Crippen LogP) is 4.27. The van der Waals surface area contributed by atoms with Crippen LogP contribution < -0.4 is 5.32 Å². The average Bonchev–Trinajstić information content (AvgIpc) is 2.87. The second kappa shape index (κ2) is 7.04. The molecule has 2 unspecified atom stereocenters. The van der Waals surface area contributed by atoms with E-state index in [4.69, 9.17) is 23.2 Å². The standard InChI is InChI=1S/C14H19Cl2NS/c1-2-17-14(10-5-6-18-9-10)8-11-7-12(15)3-4-13(11)16/h3-4,7,10,14,17H,2,5-6,8-9H2,1H3. The van der Waals surface area contributed by atoms with Gasteiger partial charge in [0.25, 0.3) is 0 Å². The molecule has 1 aliphatic rings. The summed E-state index contributed by atoms with van der Waals surface area (Å²) in [6, 6.07) is 6.25. The van der Waals surface area contributed by atoms with Gasteiger partial charge in [0.15, 0.2) is 0 Å². The normalized spacial score (nSPS) is 21.2. The predicted molar refractivity (Wildman–Crippen MR) is 83.1 cm³/mol. The Morgan fingerprint density at radius 1 is 1.44 bits per heavy atom. The molecule has 4 heteroatoms. The van der Waals surface area contributed by atoms with E-state index in [1.807, 2.05) is 18.2 Å². The maximum absolute atomic E-state index is 6.26. The Hall–Kier alpha value is 0.110. The van der Waals surface area contributed by atoms with Crippen LogP contribution in [0.3, 0.4) is 0 Å². The molecule has 1 saturated heterocycles. The molecule has 0 saturated carbocycles. The van der Waals surface area contributed by atoms with Crippen LogP contribution in [-0.4, -0.2) is 24.1 Å². The Labute approximate surface area is 124 Å². The van der Waals surface area contributed by atoms with Gasteiger partial charge in [0, 0.05) is 16.1 Å². The zero-order chi connectivity index (χ0) is 13.0. The van der Waals surface area contributed by atoms with Crippen molar-refractivity contribution < 1.29 is 0 Å². The van der Waals surface area contributed by atoms with Gasteiger partial charge >= 0.3 is 0 Å². The van der Waals surface area contributed by atoms with Crippen molar-refractivity contribution in [3.63, 3.8) is 0 Å². The maximum atomic E-state index is 6.26. The number of benzene rings is 1. The lowest BCUT2D eigenvalue weighted by molar-refractivity contribution is 0.387. The third-order valence-corrected chi connectivity index (χ3v) is 5.24. The third kappa shape index (κ3) is 3.80. The van der Waals surface area contributed by atoms with E-state index in [0.29, 0.717) is 6.04 Å². The molecule has 1 aliphatic heterocycles. The van der Waals surface area contributed by atoms with Crippen LogP contribution in [0.25, 0.3) is 0 Å². The molecule has 0 radical (unpaired) electrons.